The third kappa shape index (κ3) is 5.67. The van der Waals surface area contributed by atoms with E-state index in [-0.39, 0.29) is 0 Å². The molecule has 0 saturated carbocycles. The Kier molecular flexibility index (Phi) is 8.39. The van der Waals surface area contributed by atoms with Crippen LogP contribution in [0.3, 0.4) is 0 Å². The molecule has 4 rings (SSSR count). The third-order valence-corrected chi connectivity index (χ3v) is 8.48. The number of fused-ring (bicyclic) bond motifs is 1. The molecule has 2 aromatic rings. The van der Waals surface area contributed by atoms with Gasteiger partial charge in [0, 0.05) is 28.9 Å². The highest BCUT2D eigenvalue weighted by molar-refractivity contribution is 5.93. The van der Waals surface area contributed by atoms with Gasteiger partial charge in [0.1, 0.15) is 0 Å². The highest BCUT2D eigenvalue weighted by Crippen LogP contribution is 2.38. The zero-order chi connectivity index (χ0) is 25.1. The van der Waals surface area contributed by atoms with Crippen LogP contribution in [0.1, 0.15) is 89.5 Å². The number of H-pyrrole nitrogens is 1. The van der Waals surface area contributed by atoms with Gasteiger partial charge >= 0.3 is 0 Å². The fourth-order valence-corrected chi connectivity index (χ4v) is 5.69. The lowest BCUT2D eigenvalue weighted by atomic mass is 9.86. The molecule has 2 saturated heterocycles. The minimum atomic E-state index is 0.436. The fourth-order valence-electron chi connectivity index (χ4n) is 5.69. The Balaban J connectivity index is 1.66. The van der Waals surface area contributed by atoms with Gasteiger partial charge in [0.2, 0.25) is 0 Å². The number of nitrogens with one attached hydrogen (secondary N) is 1. The summed E-state index contributed by atoms with van der Waals surface area (Å²) in [6.45, 7) is 23.3. The number of hydrogen-bond donors (Lipinski definition) is 1. The van der Waals surface area contributed by atoms with Crippen molar-refractivity contribution in [3.05, 3.63) is 64.9 Å². The maximum absolute atomic E-state index is 5.38. The van der Waals surface area contributed by atoms with Crippen molar-refractivity contribution in [1.29, 1.82) is 0 Å². The summed E-state index contributed by atoms with van der Waals surface area (Å²) in [6.07, 6.45) is 8.06. The van der Waals surface area contributed by atoms with E-state index in [2.05, 4.69) is 82.3 Å². The van der Waals surface area contributed by atoms with Gasteiger partial charge in [-0.2, -0.15) is 0 Å². The van der Waals surface area contributed by atoms with Crippen LogP contribution < -0.4 is 0 Å². The highest BCUT2D eigenvalue weighted by atomic mass is 16.5. The summed E-state index contributed by atoms with van der Waals surface area (Å²) in [5.41, 5.74) is 9.40. The van der Waals surface area contributed by atoms with Gasteiger partial charge in [-0.3, -0.25) is 0 Å². The van der Waals surface area contributed by atoms with Gasteiger partial charge in [-0.25, -0.2) is 0 Å². The van der Waals surface area contributed by atoms with E-state index < -0.39 is 0 Å². The van der Waals surface area contributed by atoms with Crippen LogP contribution in [0.5, 0.6) is 0 Å². The zero-order valence-electron chi connectivity index (χ0n) is 22.9. The van der Waals surface area contributed by atoms with Gasteiger partial charge in [0.05, 0.1) is 18.9 Å². The van der Waals surface area contributed by atoms with Gasteiger partial charge in [0.25, 0.3) is 0 Å². The summed E-state index contributed by atoms with van der Waals surface area (Å²) in [7, 11) is 0. The maximum atomic E-state index is 5.38. The molecule has 0 bridgehead atoms. The lowest BCUT2D eigenvalue weighted by Gasteiger charge is -2.37. The molecule has 2 fully saturated rings. The molecule has 3 heteroatoms. The van der Waals surface area contributed by atoms with Crippen LogP contribution in [0.15, 0.2) is 48.1 Å². The first-order valence-electron chi connectivity index (χ1n) is 13.8. The molecular weight excluding hydrogens is 428 g/mol. The minimum absolute atomic E-state index is 0.436. The molecular formula is C32H46N2O. The summed E-state index contributed by atoms with van der Waals surface area (Å²) < 4.78 is 5.38. The summed E-state index contributed by atoms with van der Waals surface area (Å²) >= 11 is 0. The molecule has 0 radical (unpaired) electrons. The monoisotopic (exact) mass is 474 g/mol. The normalized spacial score (nSPS) is 20.3. The molecule has 3 nitrogen and oxygen atoms in total. The van der Waals surface area contributed by atoms with Gasteiger partial charge in [0.15, 0.2) is 0 Å². The third-order valence-electron chi connectivity index (χ3n) is 8.48. The number of likely N-dealkylation sites (tertiary alicyclic amines) is 1. The average Bonchev–Trinajstić information content (AvgIpc) is 3.22. The highest BCUT2D eigenvalue weighted by Gasteiger charge is 2.27. The molecule has 3 heterocycles. The van der Waals surface area contributed by atoms with Crippen molar-refractivity contribution in [2.24, 2.45) is 11.8 Å². The first kappa shape index (κ1) is 26.0. The minimum Gasteiger partial charge on any atom is -0.381 e. The number of benzene rings is 1. The SMILES string of the molecule is C=C/C(C)=C(\C=C(\C)C(C)CC)c1[nH]c2ccc(C3CCN(CC4COC4)CC3)cc2c1C(C)C. The van der Waals surface area contributed by atoms with Gasteiger partial charge in [-0.15, -0.1) is 0 Å². The Hall–Kier alpha value is -2.10. The molecule has 1 aromatic carbocycles. The lowest BCUT2D eigenvalue weighted by Crippen LogP contribution is -2.42. The molecule has 0 spiro atoms. The maximum Gasteiger partial charge on any atom is 0.0528 e. The van der Waals surface area contributed by atoms with E-state index in [1.807, 2.05) is 6.08 Å². The van der Waals surface area contributed by atoms with Crippen LogP contribution >= 0.6 is 0 Å². The molecule has 2 aliphatic rings. The van der Waals surface area contributed by atoms with E-state index in [0.717, 1.165) is 25.6 Å². The van der Waals surface area contributed by atoms with Crippen molar-refractivity contribution < 1.29 is 4.74 Å². The smallest absolute Gasteiger partial charge is 0.0528 e. The zero-order valence-corrected chi connectivity index (χ0v) is 22.9. The van der Waals surface area contributed by atoms with E-state index in [0.29, 0.717) is 17.8 Å². The van der Waals surface area contributed by atoms with E-state index in [1.165, 1.54) is 76.9 Å². The molecule has 0 amide bonds. The first-order chi connectivity index (χ1) is 16.8. The Morgan fingerprint density at radius 2 is 1.89 bits per heavy atom. The van der Waals surface area contributed by atoms with Crippen molar-refractivity contribution in [3.8, 4) is 0 Å². The van der Waals surface area contributed by atoms with Crippen molar-refractivity contribution in [1.82, 2.24) is 9.88 Å². The first-order valence-corrected chi connectivity index (χ1v) is 13.8. The van der Waals surface area contributed by atoms with Crippen LogP contribution in [0.25, 0.3) is 16.5 Å². The van der Waals surface area contributed by atoms with Crippen LogP contribution in [0.4, 0.5) is 0 Å². The van der Waals surface area contributed by atoms with E-state index >= 15 is 0 Å². The summed E-state index contributed by atoms with van der Waals surface area (Å²) in [5.74, 6) is 2.42. The number of hydrogen-bond acceptors (Lipinski definition) is 2. The Morgan fingerprint density at radius 3 is 2.46 bits per heavy atom. The van der Waals surface area contributed by atoms with Gasteiger partial charge in [-0.1, -0.05) is 58.1 Å². The second-order valence-electron chi connectivity index (χ2n) is 11.4. The van der Waals surface area contributed by atoms with Crippen molar-refractivity contribution in [3.63, 3.8) is 0 Å². The number of aromatic amines is 1. The van der Waals surface area contributed by atoms with Crippen LogP contribution in [-0.2, 0) is 4.74 Å². The fraction of sp³-hybridized carbons (Fsp3) is 0.562. The molecule has 190 valence electrons. The van der Waals surface area contributed by atoms with E-state index in [1.54, 1.807) is 0 Å². The number of aromatic nitrogens is 1. The van der Waals surface area contributed by atoms with Crippen molar-refractivity contribution in [2.45, 2.75) is 72.6 Å². The molecule has 1 N–H and O–H groups in total. The summed E-state index contributed by atoms with van der Waals surface area (Å²) in [6, 6.07) is 7.19. The molecule has 0 aliphatic carbocycles. The van der Waals surface area contributed by atoms with Crippen molar-refractivity contribution >= 4 is 16.5 Å². The van der Waals surface area contributed by atoms with Crippen LogP contribution in [0.2, 0.25) is 0 Å². The average molecular weight is 475 g/mol. The molecule has 1 aromatic heterocycles. The number of allylic oxidation sites excluding steroid dienone is 5. The number of piperidine rings is 1. The standard InChI is InChI=1S/C32H46N2O/c1-8-22(5)24(7)16-28(23(6)9-2)32-31(21(3)4)29-17-27(10-11-30(29)33-32)26-12-14-34(15-13-26)18-25-19-35-20-25/h9-11,16-17,21-22,25-26,33H,2,8,12-15,18-20H2,1,3-7H3/b24-16-,28-23+. The van der Waals surface area contributed by atoms with E-state index in [4.69, 9.17) is 4.74 Å². The molecule has 35 heavy (non-hydrogen) atoms. The molecule has 1 atom stereocenters. The number of ether oxygens (including phenoxy) is 1. The van der Waals surface area contributed by atoms with Crippen LogP contribution in [0, 0.1) is 11.8 Å². The molecule has 2 aliphatic heterocycles. The van der Waals surface area contributed by atoms with Crippen molar-refractivity contribution in [2.75, 3.05) is 32.8 Å². The second kappa shape index (κ2) is 11.3. The Labute approximate surface area is 213 Å². The van der Waals surface area contributed by atoms with Gasteiger partial charge < -0.3 is 14.6 Å². The Bertz CT molecular complexity index is 1090. The number of rotatable bonds is 9. The van der Waals surface area contributed by atoms with E-state index in [9.17, 15) is 0 Å². The molecule has 1 unspecified atom stereocenters. The lowest BCUT2D eigenvalue weighted by molar-refractivity contribution is -0.0487. The quantitative estimate of drug-likeness (QED) is 0.372. The summed E-state index contributed by atoms with van der Waals surface area (Å²) in [4.78, 5) is 6.47. The van der Waals surface area contributed by atoms with Gasteiger partial charge in [-0.05, 0) is 92.8 Å². The topological polar surface area (TPSA) is 28.3 Å². The number of nitrogens with zero attached hydrogens (tertiary/aromatic N) is 1. The van der Waals surface area contributed by atoms with Crippen LogP contribution in [-0.4, -0.2) is 42.7 Å². The Morgan fingerprint density at radius 1 is 1.17 bits per heavy atom. The second-order valence-corrected chi connectivity index (χ2v) is 11.4. The predicted octanol–water partition coefficient (Wildman–Crippen LogP) is 8.07. The predicted molar refractivity (Wildman–Crippen MR) is 151 cm³/mol. The summed E-state index contributed by atoms with van der Waals surface area (Å²) in [5, 5.41) is 1.39. The largest absolute Gasteiger partial charge is 0.381 e.